The van der Waals surface area contributed by atoms with Crippen LogP contribution in [0.15, 0.2) is 45.3 Å². The zero-order valence-corrected chi connectivity index (χ0v) is 21.3. The van der Waals surface area contributed by atoms with Crippen LogP contribution < -0.4 is 5.73 Å². The summed E-state index contributed by atoms with van der Waals surface area (Å²) in [5, 5.41) is 11.0. The molecular weight excluding hydrogens is 540 g/mol. The number of nitro benzene ring substituents is 1. The fourth-order valence-corrected chi connectivity index (χ4v) is 4.88. The van der Waals surface area contributed by atoms with Crippen LogP contribution in [0.4, 0.5) is 11.4 Å². The summed E-state index contributed by atoms with van der Waals surface area (Å²) < 4.78 is 12.4. The smallest absolute Gasteiger partial charge is 0.273 e. The number of nitrogen functional groups attached to an aromatic ring is 1. The first kappa shape index (κ1) is 25.1. The van der Waals surface area contributed by atoms with Crippen molar-refractivity contribution in [2.75, 3.05) is 32.2 Å². The minimum atomic E-state index is -0.306. The van der Waals surface area contributed by atoms with Gasteiger partial charge in [0.1, 0.15) is 0 Å². The molecular formula is C24H30Br2N2O4. The number of rotatable bonds is 5. The van der Waals surface area contributed by atoms with Crippen molar-refractivity contribution in [3.8, 4) is 0 Å². The van der Waals surface area contributed by atoms with Crippen molar-refractivity contribution in [1.82, 2.24) is 0 Å². The first-order valence-electron chi connectivity index (χ1n) is 11.0. The quantitative estimate of drug-likeness (QED) is 0.258. The van der Waals surface area contributed by atoms with Gasteiger partial charge in [-0.15, -0.1) is 0 Å². The van der Waals surface area contributed by atoms with Crippen LogP contribution in [0.1, 0.15) is 36.8 Å². The molecule has 0 bridgehead atoms. The molecule has 0 aliphatic carbocycles. The topological polar surface area (TPSA) is 87.6 Å². The van der Waals surface area contributed by atoms with E-state index in [9.17, 15) is 10.1 Å². The van der Waals surface area contributed by atoms with Crippen molar-refractivity contribution in [2.24, 2.45) is 11.8 Å². The van der Waals surface area contributed by atoms with E-state index in [1.807, 2.05) is 18.2 Å². The molecule has 2 saturated heterocycles. The molecule has 0 saturated carbocycles. The van der Waals surface area contributed by atoms with Gasteiger partial charge in [-0.1, -0.05) is 44.0 Å². The lowest BCUT2D eigenvalue weighted by atomic mass is 9.92. The first-order chi connectivity index (χ1) is 15.4. The molecule has 2 heterocycles. The summed E-state index contributed by atoms with van der Waals surface area (Å²) in [6, 6.07) is 11.4. The molecule has 2 aromatic carbocycles. The van der Waals surface area contributed by atoms with Gasteiger partial charge in [-0.3, -0.25) is 10.1 Å². The third kappa shape index (κ3) is 7.83. The number of ether oxygens (including phenoxy) is 2. The lowest BCUT2D eigenvalue weighted by Gasteiger charge is -2.22. The van der Waals surface area contributed by atoms with Gasteiger partial charge in [0.2, 0.25) is 0 Å². The summed E-state index contributed by atoms with van der Waals surface area (Å²) in [6.45, 7) is 3.35. The van der Waals surface area contributed by atoms with Crippen molar-refractivity contribution in [2.45, 2.75) is 38.5 Å². The monoisotopic (exact) mass is 568 g/mol. The average molecular weight is 570 g/mol. The molecule has 174 valence electrons. The van der Waals surface area contributed by atoms with E-state index in [-0.39, 0.29) is 10.6 Å². The number of benzene rings is 2. The Hall–Kier alpha value is -1.48. The number of nitro groups is 1. The van der Waals surface area contributed by atoms with Crippen LogP contribution in [0.5, 0.6) is 0 Å². The van der Waals surface area contributed by atoms with E-state index in [1.54, 1.807) is 6.07 Å². The summed E-state index contributed by atoms with van der Waals surface area (Å²) in [6.07, 6.45) is 6.17. The molecule has 0 radical (unpaired) electrons. The zero-order valence-electron chi connectivity index (χ0n) is 18.1. The van der Waals surface area contributed by atoms with Crippen molar-refractivity contribution >= 4 is 43.2 Å². The average Bonchev–Trinajstić information content (AvgIpc) is 2.79. The van der Waals surface area contributed by atoms with E-state index >= 15 is 0 Å². The van der Waals surface area contributed by atoms with E-state index in [0.29, 0.717) is 5.92 Å². The SMILES string of the molecule is Nc1cc(Br)ccc1CC1CCOCC1.O=[N+]([O-])c1cc(Br)ccc1CC1CCOCC1. The predicted octanol–water partition coefficient (Wildman–Crippen LogP) is 6.33. The highest BCUT2D eigenvalue weighted by molar-refractivity contribution is 9.10. The largest absolute Gasteiger partial charge is 0.398 e. The summed E-state index contributed by atoms with van der Waals surface area (Å²) in [5.74, 6) is 1.24. The lowest BCUT2D eigenvalue weighted by molar-refractivity contribution is -0.385. The molecule has 4 rings (SSSR count). The van der Waals surface area contributed by atoms with Crippen molar-refractivity contribution in [1.29, 1.82) is 0 Å². The summed E-state index contributed by atoms with van der Waals surface area (Å²) in [5.41, 5.74) is 9.18. The second-order valence-corrected chi connectivity index (χ2v) is 10.2. The molecule has 0 spiro atoms. The number of hydrogen-bond donors (Lipinski definition) is 1. The maximum absolute atomic E-state index is 11.0. The van der Waals surface area contributed by atoms with Gasteiger partial charge in [0.25, 0.3) is 5.69 Å². The number of halogens is 2. The van der Waals surface area contributed by atoms with E-state index in [1.165, 1.54) is 5.56 Å². The van der Waals surface area contributed by atoms with Crippen LogP contribution in [-0.4, -0.2) is 31.4 Å². The van der Waals surface area contributed by atoms with E-state index in [2.05, 4.69) is 44.0 Å². The summed E-state index contributed by atoms with van der Waals surface area (Å²) >= 11 is 6.69. The Bertz CT molecular complexity index is 898. The molecule has 2 N–H and O–H groups in total. The molecule has 2 aromatic rings. The summed E-state index contributed by atoms with van der Waals surface area (Å²) in [7, 11) is 0. The fraction of sp³-hybridized carbons (Fsp3) is 0.500. The van der Waals surface area contributed by atoms with Crippen molar-refractivity contribution < 1.29 is 14.4 Å². The molecule has 0 amide bonds. The Balaban J connectivity index is 0.000000182. The second-order valence-electron chi connectivity index (χ2n) is 8.39. The lowest BCUT2D eigenvalue weighted by Crippen LogP contribution is -2.18. The summed E-state index contributed by atoms with van der Waals surface area (Å²) in [4.78, 5) is 10.7. The van der Waals surface area contributed by atoms with Gasteiger partial charge in [-0.25, -0.2) is 0 Å². The van der Waals surface area contributed by atoms with Crippen LogP contribution >= 0.6 is 31.9 Å². The van der Waals surface area contributed by atoms with Crippen molar-refractivity contribution in [3.05, 3.63) is 66.6 Å². The molecule has 2 aliphatic heterocycles. The Morgan fingerprint density at radius 3 is 1.81 bits per heavy atom. The predicted molar refractivity (Wildman–Crippen MR) is 134 cm³/mol. The van der Waals surface area contributed by atoms with Gasteiger partial charge in [0.05, 0.1) is 4.92 Å². The van der Waals surface area contributed by atoms with Crippen LogP contribution in [0, 0.1) is 22.0 Å². The first-order valence-corrected chi connectivity index (χ1v) is 12.6. The van der Waals surface area contributed by atoms with Crippen LogP contribution in [0.2, 0.25) is 0 Å². The number of nitrogens with zero attached hydrogens (tertiary/aromatic N) is 1. The number of nitrogens with two attached hydrogens (primary N) is 1. The molecule has 0 atom stereocenters. The molecule has 6 nitrogen and oxygen atoms in total. The van der Waals surface area contributed by atoms with Gasteiger partial charge in [0, 0.05) is 52.7 Å². The molecule has 8 heteroatoms. The normalized spacial score (nSPS) is 17.4. The Morgan fingerprint density at radius 1 is 0.844 bits per heavy atom. The van der Waals surface area contributed by atoms with E-state index in [0.717, 1.165) is 91.1 Å². The Morgan fingerprint density at radius 2 is 1.31 bits per heavy atom. The Labute approximate surface area is 206 Å². The van der Waals surface area contributed by atoms with Gasteiger partial charge in [-0.2, -0.15) is 0 Å². The van der Waals surface area contributed by atoms with E-state index < -0.39 is 0 Å². The zero-order chi connectivity index (χ0) is 22.9. The minimum Gasteiger partial charge on any atom is -0.398 e. The van der Waals surface area contributed by atoms with Crippen LogP contribution in [-0.2, 0) is 22.3 Å². The second kappa shape index (κ2) is 12.7. The third-order valence-electron chi connectivity index (χ3n) is 6.05. The highest BCUT2D eigenvalue weighted by atomic mass is 79.9. The standard InChI is InChI=1S/C12H14BrNO3.C12H16BrNO/c13-11-2-1-10(12(8-11)14(15)16)7-9-3-5-17-6-4-9;13-11-2-1-10(12(14)8-11)7-9-3-5-15-6-4-9/h1-2,8-9H,3-7H2;1-2,8-9H,3-7,14H2. The fourth-order valence-electron chi connectivity index (χ4n) is 4.15. The molecule has 0 unspecified atom stereocenters. The number of hydrogen-bond acceptors (Lipinski definition) is 5. The molecule has 0 aromatic heterocycles. The Kier molecular flexibility index (Phi) is 9.96. The number of anilines is 1. The van der Waals surface area contributed by atoms with Crippen LogP contribution in [0.3, 0.4) is 0 Å². The van der Waals surface area contributed by atoms with Crippen LogP contribution in [0.25, 0.3) is 0 Å². The van der Waals surface area contributed by atoms with Gasteiger partial charge in [-0.05, 0) is 74.1 Å². The van der Waals surface area contributed by atoms with E-state index in [4.69, 9.17) is 15.2 Å². The highest BCUT2D eigenvalue weighted by Gasteiger charge is 2.20. The van der Waals surface area contributed by atoms with Gasteiger partial charge >= 0.3 is 0 Å². The van der Waals surface area contributed by atoms with Gasteiger partial charge in [0.15, 0.2) is 0 Å². The maximum atomic E-state index is 11.0. The molecule has 2 aliphatic rings. The third-order valence-corrected chi connectivity index (χ3v) is 7.04. The highest BCUT2D eigenvalue weighted by Crippen LogP contribution is 2.29. The molecule has 2 fully saturated rings. The van der Waals surface area contributed by atoms with Gasteiger partial charge < -0.3 is 15.2 Å². The maximum Gasteiger partial charge on any atom is 0.273 e. The minimum absolute atomic E-state index is 0.214. The van der Waals surface area contributed by atoms with Crippen molar-refractivity contribution in [3.63, 3.8) is 0 Å². The molecule has 32 heavy (non-hydrogen) atoms.